The maximum absolute atomic E-state index is 13.6. The molecule has 0 bridgehead atoms. The Hall–Kier alpha value is -3.19. The zero-order chi connectivity index (χ0) is 24.1. The first-order valence-corrected chi connectivity index (χ1v) is 11.1. The van der Waals surface area contributed by atoms with Crippen LogP contribution in [0.3, 0.4) is 0 Å². The topological polar surface area (TPSA) is 76.1 Å². The first-order valence-electron chi connectivity index (χ1n) is 11.1. The molecule has 1 aliphatic rings. The van der Waals surface area contributed by atoms with Crippen LogP contribution < -0.4 is 4.74 Å². The number of likely N-dealkylation sites (tertiary alicyclic amines) is 1. The fourth-order valence-electron chi connectivity index (χ4n) is 3.64. The molecule has 0 radical (unpaired) electrons. The average Bonchev–Trinajstić information content (AvgIpc) is 3.02. The quantitative estimate of drug-likeness (QED) is 0.337. The number of carbonyl (C=O) groups is 2. The van der Waals surface area contributed by atoms with Gasteiger partial charge in [0.1, 0.15) is 17.3 Å². The van der Waals surface area contributed by atoms with Crippen LogP contribution >= 0.6 is 0 Å². The summed E-state index contributed by atoms with van der Waals surface area (Å²) >= 11 is 0. The van der Waals surface area contributed by atoms with E-state index in [0.29, 0.717) is 29.4 Å². The number of hydrogen-bond acceptors (Lipinski definition) is 5. The predicted molar refractivity (Wildman–Crippen MR) is 123 cm³/mol. The van der Waals surface area contributed by atoms with Crippen LogP contribution in [0.25, 0.3) is 5.76 Å². The van der Waals surface area contributed by atoms with Gasteiger partial charge in [-0.1, -0.05) is 38.1 Å². The van der Waals surface area contributed by atoms with E-state index in [0.717, 1.165) is 0 Å². The molecule has 33 heavy (non-hydrogen) atoms. The van der Waals surface area contributed by atoms with Gasteiger partial charge >= 0.3 is 0 Å². The summed E-state index contributed by atoms with van der Waals surface area (Å²) in [7, 11) is 0. The van der Waals surface area contributed by atoms with E-state index in [9.17, 15) is 19.1 Å². The van der Waals surface area contributed by atoms with E-state index in [1.54, 1.807) is 24.3 Å². The van der Waals surface area contributed by atoms with Crippen molar-refractivity contribution in [3.63, 3.8) is 0 Å². The minimum atomic E-state index is -0.860. The van der Waals surface area contributed by atoms with Gasteiger partial charge in [-0.3, -0.25) is 9.59 Å². The summed E-state index contributed by atoms with van der Waals surface area (Å²) in [4.78, 5) is 27.3. The Morgan fingerprint density at radius 3 is 2.42 bits per heavy atom. The second kappa shape index (κ2) is 10.6. The molecule has 176 valence electrons. The Bertz CT molecular complexity index is 1030. The lowest BCUT2D eigenvalue weighted by Crippen LogP contribution is -2.33. The molecule has 0 spiro atoms. The number of aliphatic hydroxyl groups is 1. The standard InChI is InChI=1S/C26H30FNO5/c1-16(2)15-33-21-7-5-6-19(14-21)24(29)22-23(18-8-10-20(27)11-9-18)28(26(31)25(22)30)12-13-32-17(3)4/h5-11,14,16-17,23,29H,12-13,15H2,1-4H3/b24-22-. The highest BCUT2D eigenvalue weighted by Crippen LogP contribution is 2.39. The monoisotopic (exact) mass is 455 g/mol. The highest BCUT2D eigenvalue weighted by Gasteiger charge is 2.45. The van der Waals surface area contributed by atoms with E-state index in [1.165, 1.54) is 29.2 Å². The molecule has 7 heteroatoms. The predicted octanol–water partition coefficient (Wildman–Crippen LogP) is 4.71. The van der Waals surface area contributed by atoms with Gasteiger partial charge in [0.2, 0.25) is 0 Å². The number of ether oxygens (including phenoxy) is 2. The van der Waals surface area contributed by atoms with Gasteiger partial charge < -0.3 is 19.5 Å². The van der Waals surface area contributed by atoms with Crippen LogP contribution in [-0.2, 0) is 14.3 Å². The lowest BCUT2D eigenvalue weighted by molar-refractivity contribution is -0.140. The first-order chi connectivity index (χ1) is 15.7. The van der Waals surface area contributed by atoms with Crippen molar-refractivity contribution in [2.24, 2.45) is 5.92 Å². The van der Waals surface area contributed by atoms with E-state index in [1.807, 2.05) is 27.7 Å². The Kier molecular flexibility index (Phi) is 7.87. The number of ketones is 1. The molecule has 1 fully saturated rings. The summed E-state index contributed by atoms with van der Waals surface area (Å²) < 4.78 is 24.9. The van der Waals surface area contributed by atoms with Gasteiger partial charge in [0.25, 0.3) is 11.7 Å². The number of halogens is 1. The fourth-order valence-corrected chi connectivity index (χ4v) is 3.64. The Labute approximate surface area is 193 Å². The second-order valence-electron chi connectivity index (χ2n) is 8.70. The summed E-state index contributed by atoms with van der Waals surface area (Å²) in [5, 5.41) is 11.1. The van der Waals surface area contributed by atoms with Crippen molar-refractivity contribution in [3.05, 3.63) is 71.0 Å². The van der Waals surface area contributed by atoms with Gasteiger partial charge in [-0.25, -0.2) is 4.39 Å². The number of aliphatic hydroxyl groups excluding tert-OH is 1. The van der Waals surface area contributed by atoms with Gasteiger partial charge in [0.05, 0.1) is 30.9 Å². The molecule has 0 aromatic heterocycles. The van der Waals surface area contributed by atoms with Gasteiger partial charge in [-0.05, 0) is 49.6 Å². The lowest BCUT2D eigenvalue weighted by Gasteiger charge is -2.25. The van der Waals surface area contributed by atoms with Crippen LogP contribution in [-0.4, -0.2) is 47.6 Å². The van der Waals surface area contributed by atoms with Crippen molar-refractivity contribution in [1.29, 1.82) is 0 Å². The minimum absolute atomic E-state index is 0.0420. The van der Waals surface area contributed by atoms with E-state index < -0.39 is 23.5 Å². The maximum Gasteiger partial charge on any atom is 0.295 e. The normalized spacial score (nSPS) is 17.9. The summed E-state index contributed by atoms with van der Waals surface area (Å²) in [5.41, 5.74) is 0.839. The number of benzene rings is 2. The molecule has 2 aromatic rings. The number of amides is 1. The minimum Gasteiger partial charge on any atom is -0.507 e. The van der Waals surface area contributed by atoms with Crippen molar-refractivity contribution in [1.82, 2.24) is 4.90 Å². The van der Waals surface area contributed by atoms with Crippen LogP contribution in [0.15, 0.2) is 54.1 Å². The van der Waals surface area contributed by atoms with E-state index in [-0.39, 0.29) is 30.6 Å². The first kappa shape index (κ1) is 24.5. The van der Waals surface area contributed by atoms with E-state index in [4.69, 9.17) is 9.47 Å². The van der Waals surface area contributed by atoms with Crippen molar-refractivity contribution in [2.45, 2.75) is 39.8 Å². The molecular weight excluding hydrogens is 425 g/mol. The summed E-state index contributed by atoms with van der Waals surface area (Å²) in [5.74, 6) is -1.39. The average molecular weight is 456 g/mol. The van der Waals surface area contributed by atoms with Crippen molar-refractivity contribution in [3.8, 4) is 5.75 Å². The molecule has 3 rings (SSSR count). The molecule has 1 saturated heterocycles. The highest BCUT2D eigenvalue weighted by molar-refractivity contribution is 6.46. The largest absolute Gasteiger partial charge is 0.507 e. The van der Waals surface area contributed by atoms with Gasteiger partial charge in [0, 0.05) is 12.1 Å². The summed E-state index contributed by atoms with van der Waals surface area (Å²) in [6.45, 7) is 8.67. The van der Waals surface area contributed by atoms with Crippen molar-refractivity contribution in [2.75, 3.05) is 19.8 Å². The number of hydrogen-bond donors (Lipinski definition) is 1. The highest BCUT2D eigenvalue weighted by atomic mass is 19.1. The zero-order valence-electron chi connectivity index (χ0n) is 19.4. The van der Waals surface area contributed by atoms with Crippen LogP contribution in [0.2, 0.25) is 0 Å². The zero-order valence-corrected chi connectivity index (χ0v) is 19.4. The van der Waals surface area contributed by atoms with Crippen LogP contribution in [0.5, 0.6) is 5.75 Å². The van der Waals surface area contributed by atoms with Crippen molar-refractivity contribution >= 4 is 17.4 Å². The summed E-state index contributed by atoms with van der Waals surface area (Å²) in [6.07, 6.45) is -0.0420. The molecule has 1 atom stereocenters. The Morgan fingerprint density at radius 1 is 1.09 bits per heavy atom. The molecule has 1 N–H and O–H groups in total. The molecule has 0 saturated carbocycles. The van der Waals surface area contributed by atoms with E-state index in [2.05, 4.69) is 0 Å². The molecule has 2 aromatic carbocycles. The number of carbonyl (C=O) groups excluding carboxylic acids is 2. The third kappa shape index (κ3) is 5.79. The third-order valence-corrected chi connectivity index (χ3v) is 5.20. The number of rotatable bonds is 9. The fraction of sp³-hybridized carbons (Fsp3) is 0.385. The van der Waals surface area contributed by atoms with Gasteiger partial charge in [-0.15, -0.1) is 0 Å². The molecule has 1 aliphatic heterocycles. The van der Waals surface area contributed by atoms with E-state index >= 15 is 0 Å². The smallest absolute Gasteiger partial charge is 0.295 e. The maximum atomic E-state index is 13.6. The van der Waals surface area contributed by atoms with Gasteiger partial charge in [0.15, 0.2) is 0 Å². The molecule has 1 unspecified atom stereocenters. The molecule has 1 amide bonds. The number of Topliss-reactive ketones (excluding diaryl/α,β-unsaturated/α-hetero) is 1. The third-order valence-electron chi connectivity index (χ3n) is 5.20. The SMILES string of the molecule is CC(C)COc1cccc(/C(O)=C2/C(=O)C(=O)N(CCOC(C)C)C2c2ccc(F)cc2)c1. The van der Waals surface area contributed by atoms with Crippen LogP contribution in [0.4, 0.5) is 4.39 Å². The van der Waals surface area contributed by atoms with Gasteiger partial charge in [-0.2, -0.15) is 0 Å². The van der Waals surface area contributed by atoms with Crippen LogP contribution in [0, 0.1) is 11.7 Å². The molecule has 1 heterocycles. The van der Waals surface area contributed by atoms with Crippen LogP contribution in [0.1, 0.15) is 44.9 Å². The Morgan fingerprint density at radius 2 is 1.79 bits per heavy atom. The number of nitrogens with zero attached hydrogens (tertiary/aromatic N) is 1. The Balaban J connectivity index is 2.04. The second-order valence-corrected chi connectivity index (χ2v) is 8.70. The lowest BCUT2D eigenvalue weighted by atomic mass is 9.95. The van der Waals surface area contributed by atoms with Crippen molar-refractivity contribution < 1.29 is 28.6 Å². The molecule has 0 aliphatic carbocycles. The molecular formula is C26H30FNO5. The summed E-state index contributed by atoms with van der Waals surface area (Å²) in [6, 6.07) is 11.4. The molecule has 6 nitrogen and oxygen atoms in total.